The number of halogens is 1. The molecule has 0 spiro atoms. The first kappa shape index (κ1) is 16.3. The van der Waals surface area contributed by atoms with Gasteiger partial charge in [-0.05, 0) is 31.5 Å². The van der Waals surface area contributed by atoms with Crippen LogP contribution < -0.4 is 10.5 Å². The van der Waals surface area contributed by atoms with Gasteiger partial charge in [-0.2, -0.15) is 0 Å². The first-order valence-corrected chi connectivity index (χ1v) is 8.41. The molecule has 1 fully saturated rings. The Morgan fingerprint density at radius 3 is 2.86 bits per heavy atom. The molecule has 2 atom stereocenters. The lowest BCUT2D eigenvalue weighted by molar-refractivity contribution is 0.107. The van der Waals surface area contributed by atoms with Crippen molar-refractivity contribution < 1.29 is 17.5 Å². The van der Waals surface area contributed by atoms with Crippen LogP contribution in [0.3, 0.4) is 0 Å². The Bertz CT molecular complexity index is 649. The summed E-state index contributed by atoms with van der Waals surface area (Å²) in [5, 5.41) is 0. The summed E-state index contributed by atoms with van der Waals surface area (Å²) in [5.74, 6) is -0.505. The summed E-state index contributed by atoms with van der Waals surface area (Å²) >= 11 is 4.71. The molecule has 21 heavy (non-hydrogen) atoms. The fraction of sp³-hybridized carbons (Fsp3) is 0.462. The van der Waals surface area contributed by atoms with Crippen LogP contribution in [0.2, 0.25) is 0 Å². The highest BCUT2D eigenvalue weighted by Crippen LogP contribution is 2.21. The van der Waals surface area contributed by atoms with Crippen molar-refractivity contribution in [2.45, 2.75) is 24.3 Å². The van der Waals surface area contributed by atoms with Crippen LogP contribution in [0.1, 0.15) is 18.9 Å². The van der Waals surface area contributed by atoms with Crippen LogP contribution in [0.4, 0.5) is 4.39 Å². The molecule has 5 nitrogen and oxygen atoms in total. The molecule has 0 aromatic heterocycles. The maximum absolute atomic E-state index is 13.5. The molecule has 1 aromatic carbocycles. The Hall–Kier alpha value is -1.09. The van der Waals surface area contributed by atoms with Crippen molar-refractivity contribution >= 4 is 27.2 Å². The minimum atomic E-state index is -3.73. The zero-order chi connectivity index (χ0) is 15.6. The van der Waals surface area contributed by atoms with Crippen LogP contribution in [0, 0.1) is 11.7 Å². The van der Waals surface area contributed by atoms with Crippen molar-refractivity contribution in [3.63, 3.8) is 0 Å². The summed E-state index contributed by atoms with van der Waals surface area (Å²) in [4.78, 5) is -0.236. The Kier molecular flexibility index (Phi) is 4.92. The van der Waals surface area contributed by atoms with Gasteiger partial charge in [-0.1, -0.05) is 12.2 Å². The molecule has 8 heteroatoms. The second kappa shape index (κ2) is 6.35. The second-order valence-electron chi connectivity index (χ2n) is 4.98. The molecule has 0 aliphatic carbocycles. The lowest BCUT2D eigenvalue weighted by Gasteiger charge is -2.15. The number of sulfonamides is 1. The fourth-order valence-electron chi connectivity index (χ4n) is 2.20. The van der Waals surface area contributed by atoms with Crippen molar-refractivity contribution in [3.8, 4) is 0 Å². The molecule has 1 aliphatic rings. The quantitative estimate of drug-likeness (QED) is 0.791. The number of nitrogens with one attached hydrogen (secondary N) is 1. The average Bonchev–Trinajstić information content (AvgIpc) is 2.82. The number of thiocarbonyl (C=S) groups is 1. The van der Waals surface area contributed by atoms with Gasteiger partial charge in [0.1, 0.15) is 10.8 Å². The number of benzene rings is 1. The standard InChI is InChI=1S/C13H17FN2O3S2/c1-8-9(4-5-19-8)7-16-21(17,18)10-2-3-12(14)11(6-10)13(15)20/h2-3,6,8-9,16H,4-5,7H2,1H3,(H2,15,20). The normalized spacial score (nSPS) is 22.4. The van der Waals surface area contributed by atoms with E-state index in [1.165, 1.54) is 6.07 Å². The molecular weight excluding hydrogens is 315 g/mol. The van der Waals surface area contributed by atoms with E-state index in [9.17, 15) is 12.8 Å². The van der Waals surface area contributed by atoms with Gasteiger partial charge < -0.3 is 10.5 Å². The molecule has 0 bridgehead atoms. The maximum atomic E-state index is 13.5. The predicted octanol–water partition coefficient (Wildman–Crippen LogP) is 1.16. The highest BCUT2D eigenvalue weighted by atomic mass is 32.2. The van der Waals surface area contributed by atoms with Gasteiger partial charge in [0.25, 0.3) is 0 Å². The van der Waals surface area contributed by atoms with Gasteiger partial charge >= 0.3 is 0 Å². The molecule has 3 N–H and O–H groups in total. The smallest absolute Gasteiger partial charge is 0.240 e. The summed E-state index contributed by atoms with van der Waals surface area (Å²) in [6.07, 6.45) is 0.832. The van der Waals surface area contributed by atoms with Crippen molar-refractivity contribution in [2.75, 3.05) is 13.2 Å². The monoisotopic (exact) mass is 332 g/mol. The topological polar surface area (TPSA) is 81.4 Å². The average molecular weight is 332 g/mol. The molecule has 0 amide bonds. The first-order chi connectivity index (χ1) is 9.81. The summed E-state index contributed by atoms with van der Waals surface area (Å²) in [7, 11) is -3.73. The van der Waals surface area contributed by atoms with Crippen molar-refractivity contribution in [3.05, 3.63) is 29.6 Å². The number of hydrogen-bond acceptors (Lipinski definition) is 4. The highest BCUT2D eigenvalue weighted by Gasteiger charge is 2.26. The molecule has 0 saturated carbocycles. The van der Waals surface area contributed by atoms with E-state index < -0.39 is 15.8 Å². The zero-order valence-electron chi connectivity index (χ0n) is 11.5. The molecule has 1 aliphatic heterocycles. The van der Waals surface area contributed by atoms with Crippen LogP contribution in [-0.2, 0) is 14.8 Å². The van der Waals surface area contributed by atoms with Crippen molar-refractivity contribution in [1.29, 1.82) is 0 Å². The highest BCUT2D eigenvalue weighted by molar-refractivity contribution is 7.89. The third kappa shape index (κ3) is 3.76. The van der Waals surface area contributed by atoms with E-state index >= 15 is 0 Å². The third-order valence-electron chi connectivity index (χ3n) is 3.58. The van der Waals surface area contributed by atoms with E-state index in [-0.39, 0.29) is 34.0 Å². The van der Waals surface area contributed by atoms with Crippen molar-refractivity contribution in [2.24, 2.45) is 11.7 Å². The largest absolute Gasteiger partial charge is 0.389 e. The van der Waals surface area contributed by atoms with Gasteiger partial charge in [-0.3, -0.25) is 0 Å². The number of rotatable bonds is 5. The van der Waals surface area contributed by atoms with Crippen LogP contribution in [0.25, 0.3) is 0 Å². The Labute approximate surface area is 128 Å². The minimum Gasteiger partial charge on any atom is -0.389 e. The van der Waals surface area contributed by atoms with Crippen LogP contribution in [0.15, 0.2) is 23.1 Å². The van der Waals surface area contributed by atoms with Gasteiger partial charge in [-0.25, -0.2) is 17.5 Å². The molecular formula is C13H17FN2O3S2. The van der Waals surface area contributed by atoms with E-state index in [2.05, 4.69) is 4.72 Å². The Morgan fingerprint density at radius 1 is 1.57 bits per heavy atom. The summed E-state index contributed by atoms with van der Waals surface area (Å²) < 4.78 is 45.8. The van der Waals surface area contributed by atoms with E-state index in [1.807, 2.05) is 6.92 Å². The first-order valence-electron chi connectivity index (χ1n) is 6.52. The van der Waals surface area contributed by atoms with Gasteiger partial charge in [0.2, 0.25) is 10.0 Å². The molecule has 2 unspecified atom stereocenters. The molecule has 116 valence electrons. The van der Waals surface area contributed by atoms with E-state index in [4.69, 9.17) is 22.7 Å². The minimum absolute atomic E-state index is 0.0214. The van der Waals surface area contributed by atoms with Gasteiger partial charge in [0.15, 0.2) is 0 Å². The van der Waals surface area contributed by atoms with Crippen molar-refractivity contribution in [1.82, 2.24) is 4.72 Å². The summed E-state index contributed by atoms with van der Waals surface area (Å²) in [5.41, 5.74) is 5.30. The predicted molar refractivity (Wildman–Crippen MR) is 81.0 cm³/mol. The zero-order valence-corrected chi connectivity index (χ0v) is 13.1. The maximum Gasteiger partial charge on any atom is 0.240 e. The third-order valence-corrected chi connectivity index (χ3v) is 5.22. The number of nitrogens with two attached hydrogens (primary N) is 1. The molecule has 1 heterocycles. The van der Waals surface area contributed by atoms with E-state index in [0.717, 1.165) is 18.6 Å². The van der Waals surface area contributed by atoms with E-state index in [0.29, 0.717) is 6.61 Å². The Morgan fingerprint density at radius 2 is 2.29 bits per heavy atom. The van der Waals surface area contributed by atoms with Crippen LogP contribution >= 0.6 is 12.2 Å². The number of ether oxygens (including phenoxy) is 1. The van der Waals surface area contributed by atoms with Gasteiger partial charge in [0.05, 0.1) is 11.0 Å². The molecule has 0 radical (unpaired) electrons. The van der Waals surface area contributed by atoms with E-state index in [1.54, 1.807) is 0 Å². The van der Waals surface area contributed by atoms with Gasteiger partial charge in [-0.15, -0.1) is 0 Å². The van der Waals surface area contributed by atoms with Crippen LogP contribution in [0.5, 0.6) is 0 Å². The lowest BCUT2D eigenvalue weighted by atomic mass is 10.0. The van der Waals surface area contributed by atoms with Gasteiger partial charge in [0, 0.05) is 24.6 Å². The Balaban J connectivity index is 2.15. The molecule has 1 saturated heterocycles. The SMILES string of the molecule is CC1OCCC1CNS(=O)(=O)c1ccc(F)c(C(N)=S)c1. The second-order valence-corrected chi connectivity index (χ2v) is 7.19. The fourth-order valence-corrected chi connectivity index (χ4v) is 3.48. The molecule has 2 rings (SSSR count). The summed E-state index contributed by atoms with van der Waals surface area (Å²) in [6.45, 7) is 2.83. The van der Waals surface area contributed by atoms with Crippen LogP contribution in [-0.4, -0.2) is 32.7 Å². The number of hydrogen-bond donors (Lipinski definition) is 2. The molecule has 1 aromatic rings. The summed E-state index contributed by atoms with van der Waals surface area (Å²) in [6, 6.07) is 3.38. The lowest BCUT2D eigenvalue weighted by Crippen LogP contribution is -2.32.